The summed E-state index contributed by atoms with van der Waals surface area (Å²) in [6.07, 6.45) is 5.87. The van der Waals surface area contributed by atoms with Gasteiger partial charge in [0, 0.05) is 26.7 Å². The highest BCUT2D eigenvalue weighted by Crippen LogP contribution is 1.95. The molecule has 0 atom stereocenters. The van der Waals surface area contributed by atoms with Crippen LogP contribution in [0.25, 0.3) is 0 Å². The number of guanidine groups is 1. The fourth-order valence-corrected chi connectivity index (χ4v) is 2.51. The van der Waals surface area contributed by atoms with Crippen LogP contribution in [0.3, 0.4) is 0 Å². The lowest BCUT2D eigenvalue weighted by Gasteiger charge is -2.21. The van der Waals surface area contributed by atoms with E-state index in [0.29, 0.717) is 19.8 Å². The zero-order valence-electron chi connectivity index (χ0n) is 17.5. The van der Waals surface area contributed by atoms with Crippen molar-refractivity contribution >= 4 is 29.9 Å². The molecule has 0 heterocycles. The zero-order chi connectivity index (χ0) is 18.6. The molecule has 0 saturated carbocycles. The van der Waals surface area contributed by atoms with E-state index in [-0.39, 0.29) is 24.0 Å². The van der Waals surface area contributed by atoms with Crippen LogP contribution in [0.4, 0.5) is 0 Å². The Balaban J connectivity index is 0. The summed E-state index contributed by atoms with van der Waals surface area (Å²) in [5.74, 6) is 0.848. The predicted molar refractivity (Wildman–Crippen MR) is 123 cm³/mol. The number of aliphatic imine (C=N–C) groups is 1. The molecule has 0 aliphatic heterocycles. The first kappa shape index (κ1) is 28.1. The van der Waals surface area contributed by atoms with Gasteiger partial charge in [0.1, 0.15) is 0 Å². The Hall–Kier alpha value is -0.120. The van der Waals surface area contributed by atoms with Gasteiger partial charge in [0.2, 0.25) is 0 Å². The normalized spacial score (nSPS) is 11.5. The zero-order valence-corrected chi connectivity index (χ0v) is 19.8. The number of hydrogen-bond donors (Lipinski definition) is 2. The highest BCUT2D eigenvalue weighted by Gasteiger charge is 2.02. The van der Waals surface area contributed by atoms with Crippen molar-refractivity contribution in [2.24, 2.45) is 4.99 Å². The molecule has 0 amide bonds. The van der Waals surface area contributed by atoms with E-state index in [1.165, 1.54) is 32.4 Å². The first-order chi connectivity index (χ1) is 12.3. The third kappa shape index (κ3) is 18.7. The van der Waals surface area contributed by atoms with Crippen LogP contribution in [-0.2, 0) is 9.47 Å². The number of ether oxygens (including phenoxy) is 2. The van der Waals surface area contributed by atoms with Crippen molar-refractivity contribution in [1.82, 2.24) is 15.5 Å². The van der Waals surface area contributed by atoms with Crippen molar-refractivity contribution < 1.29 is 9.47 Å². The molecule has 0 aromatic heterocycles. The molecular weight excluding hydrogens is 443 g/mol. The van der Waals surface area contributed by atoms with Crippen LogP contribution in [0, 0.1) is 0 Å². The van der Waals surface area contributed by atoms with Crippen LogP contribution in [0.15, 0.2) is 4.99 Å². The Morgan fingerprint density at radius 2 is 1.38 bits per heavy atom. The van der Waals surface area contributed by atoms with E-state index in [9.17, 15) is 0 Å². The van der Waals surface area contributed by atoms with Crippen LogP contribution in [0.2, 0.25) is 0 Å². The van der Waals surface area contributed by atoms with Gasteiger partial charge in [-0.05, 0) is 45.3 Å². The fraction of sp³-hybridized carbons (Fsp3) is 0.947. The quantitative estimate of drug-likeness (QED) is 0.143. The molecule has 0 bridgehead atoms. The highest BCUT2D eigenvalue weighted by atomic mass is 127. The second-order valence-corrected chi connectivity index (χ2v) is 6.20. The maximum atomic E-state index is 5.54. The molecule has 0 aromatic rings. The van der Waals surface area contributed by atoms with Gasteiger partial charge in [0.25, 0.3) is 0 Å². The summed E-state index contributed by atoms with van der Waals surface area (Å²) in [4.78, 5) is 6.78. The average molecular weight is 486 g/mol. The lowest BCUT2D eigenvalue weighted by atomic mass is 10.3. The summed E-state index contributed by atoms with van der Waals surface area (Å²) in [6, 6.07) is 0. The lowest BCUT2D eigenvalue weighted by Crippen LogP contribution is -2.40. The monoisotopic (exact) mass is 486 g/mol. The van der Waals surface area contributed by atoms with Crippen LogP contribution in [-0.4, -0.2) is 77.1 Å². The Morgan fingerprint density at radius 1 is 0.769 bits per heavy atom. The number of halogens is 1. The Morgan fingerprint density at radius 3 is 1.96 bits per heavy atom. The van der Waals surface area contributed by atoms with Crippen LogP contribution < -0.4 is 10.6 Å². The third-order valence-corrected chi connectivity index (χ3v) is 3.80. The van der Waals surface area contributed by atoms with Gasteiger partial charge in [0.05, 0.1) is 19.8 Å². The summed E-state index contributed by atoms with van der Waals surface area (Å²) >= 11 is 0. The lowest BCUT2D eigenvalue weighted by molar-refractivity contribution is 0.0487. The van der Waals surface area contributed by atoms with Gasteiger partial charge in [0.15, 0.2) is 5.96 Å². The van der Waals surface area contributed by atoms with E-state index in [1.54, 1.807) is 7.05 Å². The molecule has 0 spiro atoms. The molecule has 0 rings (SSSR count). The molecule has 0 aromatic carbocycles. The molecule has 0 unspecified atom stereocenters. The first-order valence-electron chi connectivity index (χ1n) is 10.1. The minimum absolute atomic E-state index is 0. The summed E-state index contributed by atoms with van der Waals surface area (Å²) in [5.41, 5.74) is 0. The molecule has 0 aliphatic carbocycles. The van der Waals surface area contributed by atoms with Gasteiger partial charge in [-0.25, -0.2) is 0 Å². The smallest absolute Gasteiger partial charge is 0.191 e. The van der Waals surface area contributed by atoms with E-state index in [2.05, 4.69) is 41.3 Å². The molecule has 2 N–H and O–H groups in total. The van der Waals surface area contributed by atoms with Crippen molar-refractivity contribution in [1.29, 1.82) is 0 Å². The first-order valence-corrected chi connectivity index (χ1v) is 10.1. The fourth-order valence-electron chi connectivity index (χ4n) is 2.51. The van der Waals surface area contributed by atoms with Crippen molar-refractivity contribution in [2.45, 2.75) is 52.9 Å². The number of hydrogen-bond acceptors (Lipinski definition) is 4. The van der Waals surface area contributed by atoms with Gasteiger partial charge in [-0.15, -0.1) is 24.0 Å². The van der Waals surface area contributed by atoms with Crippen molar-refractivity contribution in [3.63, 3.8) is 0 Å². The SMILES string of the molecule is CCCCOCCOCCNC(=NC)NCCCN(CCC)CCC.I. The summed E-state index contributed by atoms with van der Waals surface area (Å²) in [5, 5.41) is 6.64. The van der Waals surface area contributed by atoms with Crippen molar-refractivity contribution in [3.05, 3.63) is 0 Å². The summed E-state index contributed by atoms with van der Waals surface area (Å²) < 4.78 is 11.0. The number of nitrogens with zero attached hydrogens (tertiary/aromatic N) is 2. The summed E-state index contributed by atoms with van der Waals surface area (Å²) in [6.45, 7) is 14.7. The summed E-state index contributed by atoms with van der Waals surface area (Å²) in [7, 11) is 1.80. The minimum Gasteiger partial charge on any atom is -0.379 e. The average Bonchev–Trinajstić information content (AvgIpc) is 2.62. The molecule has 0 radical (unpaired) electrons. The largest absolute Gasteiger partial charge is 0.379 e. The topological polar surface area (TPSA) is 58.1 Å². The number of rotatable bonds is 17. The number of nitrogens with one attached hydrogen (secondary N) is 2. The van der Waals surface area contributed by atoms with Crippen molar-refractivity contribution in [3.8, 4) is 0 Å². The predicted octanol–water partition coefficient (Wildman–Crippen LogP) is 3.11. The van der Waals surface area contributed by atoms with E-state index in [4.69, 9.17) is 9.47 Å². The van der Waals surface area contributed by atoms with Gasteiger partial charge < -0.3 is 25.0 Å². The van der Waals surface area contributed by atoms with Crippen LogP contribution >= 0.6 is 24.0 Å². The second kappa shape index (κ2) is 22.9. The molecule has 158 valence electrons. The Bertz CT molecular complexity index is 301. The van der Waals surface area contributed by atoms with Crippen LogP contribution in [0.1, 0.15) is 52.9 Å². The molecule has 0 saturated heterocycles. The van der Waals surface area contributed by atoms with Crippen LogP contribution in [0.5, 0.6) is 0 Å². The molecule has 26 heavy (non-hydrogen) atoms. The van der Waals surface area contributed by atoms with Gasteiger partial charge in [-0.2, -0.15) is 0 Å². The van der Waals surface area contributed by atoms with Gasteiger partial charge >= 0.3 is 0 Å². The highest BCUT2D eigenvalue weighted by molar-refractivity contribution is 14.0. The second-order valence-electron chi connectivity index (χ2n) is 6.20. The van der Waals surface area contributed by atoms with E-state index < -0.39 is 0 Å². The molecule has 7 heteroatoms. The maximum Gasteiger partial charge on any atom is 0.191 e. The molecule has 0 fully saturated rings. The van der Waals surface area contributed by atoms with Gasteiger partial charge in [-0.1, -0.05) is 27.2 Å². The van der Waals surface area contributed by atoms with Crippen molar-refractivity contribution in [2.75, 3.05) is 66.2 Å². The standard InChI is InChI=1S/C19H42N4O2.HI/c1-5-8-15-24-17-18-25-16-11-22-19(20-4)21-10-9-14-23(12-6-2)13-7-3;/h5-18H2,1-4H3,(H2,20,21,22);1H. The van der Waals surface area contributed by atoms with E-state index >= 15 is 0 Å². The number of unbranched alkanes of at least 4 members (excludes halogenated alkanes) is 1. The Kier molecular flexibility index (Phi) is 24.8. The minimum atomic E-state index is 0. The molecule has 6 nitrogen and oxygen atoms in total. The maximum absolute atomic E-state index is 5.54. The van der Waals surface area contributed by atoms with E-state index in [1.807, 2.05) is 0 Å². The molecular formula is C19H43IN4O2. The Labute approximate surface area is 178 Å². The third-order valence-electron chi connectivity index (χ3n) is 3.80. The molecule has 0 aliphatic rings. The van der Waals surface area contributed by atoms with E-state index in [0.717, 1.165) is 45.0 Å². The van der Waals surface area contributed by atoms with Gasteiger partial charge in [-0.3, -0.25) is 4.99 Å².